The second-order valence-electron chi connectivity index (χ2n) is 12.3. The van der Waals surface area contributed by atoms with E-state index < -0.39 is 0 Å². The smallest absolute Gasteiger partial charge is 0.188 e. The Morgan fingerprint density at radius 2 is 0.900 bits per heavy atom. The lowest BCUT2D eigenvalue weighted by Crippen LogP contribution is -3.00. The molecule has 0 N–H and O–H groups in total. The summed E-state index contributed by atoms with van der Waals surface area (Å²) in [5, 5.41) is 0. The molecule has 0 aromatic carbocycles. The number of halogens is 1. The van der Waals surface area contributed by atoms with Crippen LogP contribution in [0.4, 0.5) is 0 Å². The number of Topliss-reactive ketones (excluding diaryl/α,β-unsaturated/α-hetero) is 1. The van der Waals surface area contributed by atoms with Gasteiger partial charge in [0.15, 0.2) is 11.9 Å². The Morgan fingerprint density at radius 1 is 0.525 bits per heavy atom. The van der Waals surface area contributed by atoms with E-state index in [0.717, 1.165) is 19.4 Å². The summed E-state index contributed by atoms with van der Waals surface area (Å²) in [6.45, 7) is 5.63. The normalized spacial score (nSPS) is 11.1. The summed E-state index contributed by atoms with van der Waals surface area (Å²) in [6, 6.07) is 6.36. The minimum absolute atomic E-state index is 0. The number of hydrogen-bond donors (Lipinski definition) is 0. The van der Waals surface area contributed by atoms with E-state index >= 15 is 0 Å². The van der Waals surface area contributed by atoms with Crippen LogP contribution < -0.4 is 17.0 Å². The molecule has 0 saturated carbocycles. The fourth-order valence-electron chi connectivity index (χ4n) is 5.82. The lowest BCUT2D eigenvalue weighted by molar-refractivity contribution is -0.704. The van der Waals surface area contributed by atoms with Crippen LogP contribution in [0.5, 0.6) is 0 Å². The molecule has 0 unspecified atom stereocenters. The van der Waals surface area contributed by atoms with E-state index in [2.05, 4.69) is 42.8 Å². The lowest BCUT2D eigenvalue weighted by Gasteiger charge is -2.05. The van der Waals surface area contributed by atoms with Crippen molar-refractivity contribution in [1.82, 2.24) is 0 Å². The van der Waals surface area contributed by atoms with Crippen molar-refractivity contribution in [2.45, 2.75) is 200 Å². The molecule has 1 heterocycles. The molecule has 0 aliphatic heterocycles. The van der Waals surface area contributed by atoms with Crippen molar-refractivity contribution in [3.05, 3.63) is 30.1 Å². The number of aryl methyl sites for hydroxylation is 1. The minimum atomic E-state index is 0. The van der Waals surface area contributed by atoms with Gasteiger partial charge in [0.05, 0.1) is 6.42 Å². The summed E-state index contributed by atoms with van der Waals surface area (Å²) in [7, 11) is 0. The molecule has 2 nitrogen and oxygen atoms in total. The Labute approximate surface area is 257 Å². The Kier molecular flexibility index (Phi) is 30.4. The molecular formula is C37H68ClNO. The highest BCUT2D eigenvalue weighted by Gasteiger charge is 2.13. The Hall–Kier alpha value is -0.890. The van der Waals surface area contributed by atoms with Crippen LogP contribution in [0.25, 0.3) is 0 Å². The van der Waals surface area contributed by atoms with Crippen molar-refractivity contribution in [1.29, 1.82) is 0 Å². The number of unbranched alkanes of at least 4 members (excludes halogenated alkanes) is 24. The van der Waals surface area contributed by atoms with Gasteiger partial charge in [-0.05, 0) is 12.8 Å². The summed E-state index contributed by atoms with van der Waals surface area (Å²) in [4.78, 5) is 12.6. The predicted octanol–water partition coefficient (Wildman–Crippen LogP) is 8.66. The van der Waals surface area contributed by atoms with Crippen molar-refractivity contribution in [2.24, 2.45) is 0 Å². The average molecular weight is 578 g/mol. The molecule has 0 atom stereocenters. The molecule has 0 spiro atoms. The topological polar surface area (TPSA) is 20.9 Å². The van der Waals surface area contributed by atoms with Crippen molar-refractivity contribution >= 4 is 5.78 Å². The zero-order valence-electron chi connectivity index (χ0n) is 27.0. The standard InChI is InChI=1S/C37H68NO.ClH/c1-3-5-7-9-11-13-15-17-18-20-22-24-26-29-33-38-34-30-28-31-36(38)35-37(39)32-27-25-23-21-19-16-14-12-10-8-6-4-2;/h28,30-31,34H,3-27,29,32-33,35H2,1-2H3;1H/q+1;/p-1. The number of pyridine rings is 1. The highest BCUT2D eigenvalue weighted by Crippen LogP contribution is 2.14. The molecule has 0 aliphatic rings. The zero-order valence-corrected chi connectivity index (χ0v) is 27.8. The predicted molar refractivity (Wildman–Crippen MR) is 171 cm³/mol. The number of hydrogen-bond acceptors (Lipinski definition) is 1. The first-order valence-electron chi connectivity index (χ1n) is 17.8. The van der Waals surface area contributed by atoms with Gasteiger partial charge in [0.25, 0.3) is 0 Å². The number of carbonyl (C=O) groups excluding carboxylic acids is 1. The van der Waals surface area contributed by atoms with Gasteiger partial charge >= 0.3 is 0 Å². The van der Waals surface area contributed by atoms with Crippen molar-refractivity contribution in [3.63, 3.8) is 0 Å². The first-order chi connectivity index (χ1) is 19.3. The van der Waals surface area contributed by atoms with Gasteiger partial charge in [-0.3, -0.25) is 4.79 Å². The summed E-state index contributed by atoms with van der Waals surface area (Å²) in [6.07, 6.45) is 39.2. The van der Waals surface area contributed by atoms with Crippen molar-refractivity contribution < 1.29 is 21.8 Å². The van der Waals surface area contributed by atoms with Crippen LogP contribution in [-0.2, 0) is 17.8 Å². The van der Waals surface area contributed by atoms with Gasteiger partial charge in [-0.1, -0.05) is 168 Å². The van der Waals surface area contributed by atoms with E-state index in [1.807, 2.05) is 0 Å². The molecule has 0 aliphatic carbocycles. The van der Waals surface area contributed by atoms with Gasteiger partial charge in [-0.25, -0.2) is 4.57 Å². The fraction of sp³-hybridized carbons (Fsp3) is 0.838. The van der Waals surface area contributed by atoms with Gasteiger partial charge in [0.1, 0.15) is 12.3 Å². The number of ketones is 1. The molecule has 0 radical (unpaired) electrons. The number of nitrogens with zero attached hydrogens (tertiary/aromatic N) is 1. The van der Waals surface area contributed by atoms with Crippen LogP contribution in [-0.4, -0.2) is 5.78 Å². The zero-order chi connectivity index (χ0) is 28.1. The lowest BCUT2D eigenvalue weighted by atomic mass is 10.0. The second-order valence-corrected chi connectivity index (χ2v) is 12.3. The Morgan fingerprint density at radius 3 is 1.32 bits per heavy atom. The van der Waals surface area contributed by atoms with Crippen LogP contribution in [0.2, 0.25) is 0 Å². The maximum absolute atomic E-state index is 12.6. The highest BCUT2D eigenvalue weighted by molar-refractivity contribution is 5.80. The van der Waals surface area contributed by atoms with E-state index in [1.54, 1.807) is 0 Å². The van der Waals surface area contributed by atoms with Crippen LogP contribution in [0.15, 0.2) is 24.4 Å². The molecule has 0 saturated heterocycles. The summed E-state index contributed by atoms with van der Waals surface area (Å²) in [5.74, 6) is 0.419. The third kappa shape index (κ3) is 24.9. The Balaban J connectivity index is 0.0000152. The van der Waals surface area contributed by atoms with Gasteiger partial charge in [-0.2, -0.15) is 0 Å². The molecule has 234 valence electrons. The average Bonchev–Trinajstić information content (AvgIpc) is 2.94. The molecule has 1 rings (SSSR count). The van der Waals surface area contributed by atoms with Gasteiger partial charge in [0.2, 0.25) is 0 Å². The van der Waals surface area contributed by atoms with Gasteiger partial charge in [0, 0.05) is 25.0 Å². The highest BCUT2D eigenvalue weighted by atomic mass is 35.5. The number of aromatic nitrogens is 1. The van der Waals surface area contributed by atoms with Crippen LogP contribution in [0.3, 0.4) is 0 Å². The first-order valence-corrected chi connectivity index (χ1v) is 17.8. The second kappa shape index (κ2) is 31.1. The molecule has 40 heavy (non-hydrogen) atoms. The van der Waals surface area contributed by atoms with Crippen LogP contribution in [0.1, 0.15) is 193 Å². The van der Waals surface area contributed by atoms with E-state index in [-0.39, 0.29) is 12.4 Å². The quantitative estimate of drug-likeness (QED) is 0.0661. The van der Waals surface area contributed by atoms with Crippen molar-refractivity contribution in [3.8, 4) is 0 Å². The molecule has 1 aromatic heterocycles. The van der Waals surface area contributed by atoms with Gasteiger partial charge < -0.3 is 12.4 Å². The molecule has 0 amide bonds. The maximum Gasteiger partial charge on any atom is 0.188 e. The van der Waals surface area contributed by atoms with Crippen LogP contribution in [0, 0.1) is 0 Å². The van der Waals surface area contributed by atoms with Crippen LogP contribution >= 0.6 is 0 Å². The monoisotopic (exact) mass is 577 g/mol. The third-order valence-corrected chi connectivity index (χ3v) is 8.47. The SMILES string of the molecule is CCCCCCCCCCCCCCCC[n+]1ccccc1CC(=O)CCCCCCCCCCCCCC.[Cl-]. The van der Waals surface area contributed by atoms with Gasteiger partial charge in [-0.15, -0.1) is 0 Å². The maximum atomic E-state index is 12.6. The minimum Gasteiger partial charge on any atom is -1.00 e. The van der Waals surface area contributed by atoms with E-state index in [4.69, 9.17) is 0 Å². The summed E-state index contributed by atoms with van der Waals surface area (Å²) < 4.78 is 2.33. The molecule has 0 fully saturated rings. The number of carbonyl (C=O) groups is 1. The third-order valence-electron chi connectivity index (χ3n) is 8.47. The van der Waals surface area contributed by atoms with E-state index in [0.29, 0.717) is 12.2 Å². The molecule has 0 bridgehead atoms. The number of rotatable bonds is 30. The van der Waals surface area contributed by atoms with E-state index in [1.165, 1.54) is 166 Å². The summed E-state index contributed by atoms with van der Waals surface area (Å²) in [5.41, 5.74) is 1.20. The molecule has 3 heteroatoms. The van der Waals surface area contributed by atoms with Crippen molar-refractivity contribution in [2.75, 3.05) is 0 Å². The largest absolute Gasteiger partial charge is 1.00 e. The molecule has 1 aromatic rings. The fourth-order valence-corrected chi connectivity index (χ4v) is 5.82. The molecular weight excluding hydrogens is 510 g/mol. The Bertz CT molecular complexity index is 661. The van der Waals surface area contributed by atoms with E-state index in [9.17, 15) is 4.79 Å². The first kappa shape index (κ1) is 39.1. The summed E-state index contributed by atoms with van der Waals surface area (Å²) >= 11 is 0.